The average Bonchev–Trinajstić information content (AvgIpc) is 3.15. The standard InChI is InChI=1S/C15H13BrN2O2S2/c1-19-12-5-3-2-4-10(12)8-14-17-18-15(20-14)21-9-11-6-7-13(16)22-11/h2-7H,8-9H2,1H3. The number of para-hydroxylation sites is 1. The molecular weight excluding hydrogens is 384 g/mol. The molecular formula is C15H13BrN2O2S2. The number of ether oxygens (including phenoxy) is 1. The van der Waals surface area contributed by atoms with E-state index in [1.165, 1.54) is 4.88 Å². The highest BCUT2D eigenvalue weighted by Gasteiger charge is 2.11. The number of hydrogen-bond donors (Lipinski definition) is 0. The molecule has 0 aliphatic heterocycles. The summed E-state index contributed by atoms with van der Waals surface area (Å²) in [5, 5.41) is 8.79. The van der Waals surface area contributed by atoms with Crippen LogP contribution in [0.3, 0.4) is 0 Å². The molecule has 0 fully saturated rings. The Labute approximate surface area is 145 Å². The van der Waals surface area contributed by atoms with Gasteiger partial charge in [0.15, 0.2) is 0 Å². The van der Waals surface area contributed by atoms with E-state index in [0.717, 1.165) is 20.9 Å². The van der Waals surface area contributed by atoms with Crippen molar-refractivity contribution in [1.82, 2.24) is 10.2 Å². The fraction of sp³-hybridized carbons (Fsp3) is 0.200. The van der Waals surface area contributed by atoms with E-state index in [9.17, 15) is 0 Å². The van der Waals surface area contributed by atoms with Gasteiger partial charge >= 0.3 is 0 Å². The van der Waals surface area contributed by atoms with Gasteiger partial charge in [-0.3, -0.25) is 0 Å². The SMILES string of the molecule is COc1ccccc1Cc1nnc(SCc2ccc(Br)s2)o1. The predicted octanol–water partition coefficient (Wildman–Crippen LogP) is 4.79. The number of nitrogens with zero attached hydrogens (tertiary/aromatic N) is 2. The number of benzene rings is 1. The zero-order valence-corrected chi connectivity index (χ0v) is 15.0. The number of rotatable bonds is 6. The van der Waals surface area contributed by atoms with E-state index < -0.39 is 0 Å². The minimum Gasteiger partial charge on any atom is -0.496 e. The van der Waals surface area contributed by atoms with Crippen molar-refractivity contribution in [2.75, 3.05) is 7.11 Å². The first-order valence-corrected chi connectivity index (χ1v) is 9.15. The highest BCUT2D eigenvalue weighted by Crippen LogP contribution is 2.29. The van der Waals surface area contributed by atoms with Crippen LogP contribution in [0.15, 0.2) is 49.8 Å². The number of halogens is 1. The zero-order valence-electron chi connectivity index (χ0n) is 11.8. The zero-order chi connectivity index (χ0) is 15.4. The van der Waals surface area contributed by atoms with Gasteiger partial charge < -0.3 is 9.15 Å². The van der Waals surface area contributed by atoms with Gasteiger partial charge in [0.1, 0.15) is 5.75 Å². The van der Waals surface area contributed by atoms with Crippen molar-refractivity contribution in [3.8, 4) is 5.75 Å². The van der Waals surface area contributed by atoms with Gasteiger partial charge in [0, 0.05) is 16.2 Å². The van der Waals surface area contributed by atoms with Gasteiger partial charge in [-0.1, -0.05) is 30.0 Å². The van der Waals surface area contributed by atoms with E-state index in [-0.39, 0.29) is 0 Å². The summed E-state index contributed by atoms with van der Waals surface area (Å²) in [5.41, 5.74) is 1.03. The Kier molecular flexibility index (Phi) is 5.17. The second-order valence-corrected chi connectivity index (χ2v) is 7.92. The second-order valence-electron chi connectivity index (χ2n) is 4.44. The molecule has 7 heteroatoms. The number of methoxy groups -OCH3 is 1. The molecule has 2 aromatic heterocycles. The third-order valence-corrected chi connectivity index (χ3v) is 5.62. The average molecular weight is 397 g/mol. The van der Waals surface area contributed by atoms with Crippen LogP contribution in [0.25, 0.3) is 0 Å². The van der Waals surface area contributed by atoms with E-state index in [1.54, 1.807) is 30.2 Å². The molecule has 4 nitrogen and oxygen atoms in total. The highest BCUT2D eigenvalue weighted by atomic mass is 79.9. The Bertz CT molecular complexity index is 757. The van der Waals surface area contributed by atoms with Crippen molar-refractivity contribution >= 4 is 39.0 Å². The Hall–Kier alpha value is -1.31. The van der Waals surface area contributed by atoms with Crippen LogP contribution in [0.1, 0.15) is 16.3 Å². The summed E-state index contributed by atoms with van der Waals surface area (Å²) in [5.74, 6) is 2.25. The van der Waals surface area contributed by atoms with Gasteiger partial charge in [-0.15, -0.1) is 21.5 Å². The molecule has 0 unspecified atom stereocenters. The van der Waals surface area contributed by atoms with Crippen molar-refractivity contribution in [2.45, 2.75) is 17.4 Å². The number of aromatic nitrogens is 2. The van der Waals surface area contributed by atoms with Crippen molar-refractivity contribution in [1.29, 1.82) is 0 Å². The van der Waals surface area contributed by atoms with Crippen LogP contribution >= 0.6 is 39.0 Å². The lowest BCUT2D eigenvalue weighted by Gasteiger charge is -2.05. The lowest BCUT2D eigenvalue weighted by Crippen LogP contribution is -1.93. The van der Waals surface area contributed by atoms with Crippen LogP contribution in [0.4, 0.5) is 0 Å². The lowest BCUT2D eigenvalue weighted by molar-refractivity contribution is 0.400. The Morgan fingerprint density at radius 1 is 1.23 bits per heavy atom. The largest absolute Gasteiger partial charge is 0.496 e. The molecule has 2 heterocycles. The molecule has 0 bridgehead atoms. The third-order valence-electron chi connectivity index (χ3n) is 2.95. The molecule has 3 rings (SSSR count). The third kappa shape index (κ3) is 3.91. The summed E-state index contributed by atoms with van der Waals surface area (Å²) >= 11 is 6.72. The maximum absolute atomic E-state index is 5.69. The van der Waals surface area contributed by atoms with E-state index >= 15 is 0 Å². The first-order valence-electron chi connectivity index (χ1n) is 6.56. The molecule has 3 aromatic rings. The first kappa shape index (κ1) is 15.6. The van der Waals surface area contributed by atoms with Crippen LogP contribution in [-0.2, 0) is 12.2 Å². The van der Waals surface area contributed by atoms with Crippen LogP contribution < -0.4 is 4.74 Å². The van der Waals surface area contributed by atoms with Crippen LogP contribution in [0, 0.1) is 0 Å². The molecule has 0 N–H and O–H groups in total. The minimum atomic E-state index is 0.572. The Morgan fingerprint density at radius 3 is 2.86 bits per heavy atom. The van der Waals surface area contributed by atoms with E-state index in [2.05, 4.69) is 32.2 Å². The molecule has 0 aliphatic rings. The molecule has 0 aliphatic carbocycles. The predicted molar refractivity (Wildman–Crippen MR) is 91.7 cm³/mol. The summed E-state index contributed by atoms with van der Waals surface area (Å²) < 4.78 is 12.2. The molecule has 0 saturated carbocycles. The quantitative estimate of drug-likeness (QED) is 0.560. The maximum atomic E-state index is 5.69. The Morgan fingerprint density at radius 2 is 2.09 bits per heavy atom. The summed E-state index contributed by atoms with van der Waals surface area (Å²) in [6.45, 7) is 0. The second kappa shape index (κ2) is 7.30. The molecule has 0 spiro atoms. The monoisotopic (exact) mass is 396 g/mol. The van der Waals surface area contributed by atoms with E-state index in [0.29, 0.717) is 17.5 Å². The number of thiophene rings is 1. The normalized spacial score (nSPS) is 10.8. The van der Waals surface area contributed by atoms with Gasteiger partial charge in [-0.05, 0) is 34.1 Å². The van der Waals surface area contributed by atoms with Crippen molar-refractivity contribution in [2.24, 2.45) is 0 Å². The fourth-order valence-electron chi connectivity index (χ4n) is 1.94. The molecule has 22 heavy (non-hydrogen) atoms. The molecule has 0 saturated heterocycles. The maximum Gasteiger partial charge on any atom is 0.276 e. The van der Waals surface area contributed by atoms with Gasteiger partial charge in [0.25, 0.3) is 5.22 Å². The molecule has 1 aromatic carbocycles. The van der Waals surface area contributed by atoms with Gasteiger partial charge in [-0.2, -0.15) is 0 Å². The summed E-state index contributed by atoms with van der Waals surface area (Å²) in [7, 11) is 1.66. The van der Waals surface area contributed by atoms with Gasteiger partial charge in [-0.25, -0.2) is 0 Å². The lowest BCUT2D eigenvalue weighted by atomic mass is 10.1. The molecule has 0 amide bonds. The summed E-state index contributed by atoms with van der Waals surface area (Å²) in [4.78, 5) is 1.27. The fourth-order valence-corrected chi connectivity index (χ4v) is 4.25. The van der Waals surface area contributed by atoms with E-state index in [4.69, 9.17) is 9.15 Å². The molecule has 0 radical (unpaired) electrons. The number of thioether (sulfide) groups is 1. The topological polar surface area (TPSA) is 48.2 Å². The minimum absolute atomic E-state index is 0.572. The molecule has 0 atom stereocenters. The van der Waals surface area contributed by atoms with Crippen molar-refractivity contribution < 1.29 is 9.15 Å². The summed E-state index contributed by atoms with van der Waals surface area (Å²) in [6, 6.07) is 12.0. The number of hydrogen-bond acceptors (Lipinski definition) is 6. The van der Waals surface area contributed by atoms with E-state index in [1.807, 2.05) is 30.3 Å². The van der Waals surface area contributed by atoms with Crippen LogP contribution in [0.5, 0.6) is 5.75 Å². The highest BCUT2D eigenvalue weighted by molar-refractivity contribution is 9.11. The van der Waals surface area contributed by atoms with Gasteiger partial charge in [0.2, 0.25) is 5.89 Å². The van der Waals surface area contributed by atoms with Crippen LogP contribution in [-0.4, -0.2) is 17.3 Å². The smallest absolute Gasteiger partial charge is 0.276 e. The van der Waals surface area contributed by atoms with Crippen molar-refractivity contribution in [3.63, 3.8) is 0 Å². The van der Waals surface area contributed by atoms with Crippen LogP contribution in [0.2, 0.25) is 0 Å². The Balaban J connectivity index is 1.63. The van der Waals surface area contributed by atoms with Crippen molar-refractivity contribution in [3.05, 3.63) is 56.5 Å². The summed E-state index contributed by atoms with van der Waals surface area (Å²) in [6.07, 6.45) is 0.572. The van der Waals surface area contributed by atoms with Gasteiger partial charge in [0.05, 0.1) is 17.3 Å². The molecule has 114 valence electrons. The first-order chi connectivity index (χ1) is 10.7.